The first-order valence-corrected chi connectivity index (χ1v) is 9.55. The minimum Gasteiger partial charge on any atom is -0.358 e. The van der Waals surface area contributed by atoms with Crippen molar-refractivity contribution in [2.45, 2.75) is 19.5 Å². The summed E-state index contributed by atoms with van der Waals surface area (Å²) in [6.07, 6.45) is 2.90. The van der Waals surface area contributed by atoms with Crippen molar-refractivity contribution in [1.29, 1.82) is 0 Å². The molecule has 2 aromatic carbocycles. The van der Waals surface area contributed by atoms with Gasteiger partial charge in [-0.25, -0.2) is 4.98 Å². The number of anilines is 2. The molecule has 136 valence electrons. The maximum absolute atomic E-state index is 5.38. The second-order valence-corrected chi connectivity index (χ2v) is 7.05. The molecule has 0 amide bonds. The van der Waals surface area contributed by atoms with Gasteiger partial charge in [0.1, 0.15) is 5.82 Å². The van der Waals surface area contributed by atoms with E-state index in [1.165, 1.54) is 16.7 Å². The maximum atomic E-state index is 5.38. The number of nitrogens with zero attached hydrogens (tertiary/aromatic N) is 2. The van der Waals surface area contributed by atoms with Gasteiger partial charge in [0, 0.05) is 19.6 Å². The lowest BCUT2D eigenvalue weighted by Crippen LogP contribution is -2.31. The molecular formula is C22H22N4S. The Morgan fingerprint density at radius 1 is 0.963 bits per heavy atom. The van der Waals surface area contributed by atoms with E-state index in [0.717, 1.165) is 31.0 Å². The van der Waals surface area contributed by atoms with E-state index in [4.69, 9.17) is 12.2 Å². The van der Waals surface area contributed by atoms with Crippen LogP contribution in [0.4, 0.5) is 11.5 Å². The summed E-state index contributed by atoms with van der Waals surface area (Å²) < 4.78 is 0. The van der Waals surface area contributed by atoms with Crippen LogP contribution in [0.3, 0.4) is 0 Å². The second kappa shape index (κ2) is 8.18. The molecule has 1 aliphatic rings. The number of hydrogen-bond donors (Lipinski definition) is 2. The van der Waals surface area contributed by atoms with E-state index in [1.807, 2.05) is 30.5 Å². The molecule has 1 aliphatic heterocycles. The summed E-state index contributed by atoms with van der Waals surface area (Å²) in [6, 6.07) is 22.9. The molecule has 27 heavy (non-hydrogen) atoms. The van der Waals surface area contributed by atoms with E-state index >= 15 is 0 Å². The third-order valence-electron chi connectivity index (χ3n) is 4.76. The van der Waals surface area contributed by atoms with Gasteiger partial charge in [0.2, 0.25) is 0 Å². The van der Waals surface area contributed by atoms with Crippen molar-refractivity contribution in [3.8, 4) is 0 Å². The van der Waals surface area contributed by atoms with Gasteiger partial charge in [0.25, 0.3) is 0 Å². The van der Waals surface area contributed by atoms with Crippen LogP contribution in [0, 0.1) is 0 Å². The number of aromatic nitrogens is 1. The molecule has 4 rings (SSSR count). The molecule has 3 aromatic rings. The van der Waals surface area contributed by atoms with E-state index in [1.54, 1.807) is 0 Å². The van der Waals surface area contributed by atoms with Gasteiger partial charge < -0.3 is 15.5 Å². The zero-order chi connectivity index (χ0) is 18.5. The standard InChI is InChI=1S/C22H22N4S/c27-22(24-14-17-6-2-1-3-7-17)25-20-10-11-21(23-15-20)26-13-12-18-8-4-5-9-19(18)16-26/h1-11,15H,12-14,16H2,(H2,24,25,27). The lowest BCUT2D eigenvalue weighted by Gasteiger charge is -2.29. The van der Waals surface area contributed by atoms with Crippen LogP contribution in [0.15, 0.2) is 72.9 Å². The molecule has 0 spiro atoms. The number of rotatable bonds is 4. The fourth-order valence-corrected chi connectivity index (χ4v) is 3.48. The molecule has 4 nitrogen and oxygen atoms in total. The van der Waals surface area contributed by atoms with Gasteiger partial charge in [-0.1, -0.05) is 54.6 Å². The number of nitrogens with one attached hydrogen (secondary N) is 2. The first-order valence-electron chi connectivity index (χ1n) is 9.14. The first-order chi connectivity index (χ1) is 13.3. The summed E-state index contributed by atoms with van der Waals surface area (Å²) in [5.74, 6) is 0.998. The number of benzene rings is 2. The van der Waals surface area contributed by atoms with E-state index < -0.39 is 0 Å². The zero-order valence-corrected chi connectivity index (χ0v) is 15.9. The quantitative estimate of drug-likeness (QED) is 0.672. The smallest absolute Gasteiger partial charge is 0.171 e. The Balaban J connectivity index is 1.33. The fourth-order valence-electron chi connectivity index (χ4n) is 3.29. The summed E-state index contributed by atoms with van der Waals surface area (Å²) in [6.45, 7) is 2.60. The van der Waals surface area contributed by atoms with Crippen molar-refractivity contribution in [2.24, 2.45) is 0 Å². The summed E-state index contributed by atoms with van der Waals surface area (Å²) in [7, 11) is 0. The number of pyridine rings is 1. The Morgan fingerprint density at radius 3 is 2.52 bits per heavy atom. The Kier molecular flexibility index (Phi) is 5.30. The van der Waals surface area contributed by atoms with Crippen molar-refractivity contribution in [3.63, 3.8) is 0 Å². The highest BCUT2D eigenvalue weighted by Gasteiger charge is 2.16. The molecule has 0 aliphatic carbocycles. The molecule has 0 bridgehead atoms. The van der Waals surface area contributed by atoms with Gasteiger partial charge in [0.15, 0.2) is 5.11 Å². The van der Waals surface area contributed by atoms with Crippen LogP contribution >= 0.6 is 12.2 Å². The van der Waals surface area contributed by atoms with Crippen molar-refractivity contribution in [2.75, 3.05) is 16.8 Å². The molecule has 0 fully saturated rings. The molecule has 2 heterocycles. The highest BCUT2D eigenvalue weighted by Crippen LogP contribution is 2.23. The van der Waals surface area contributed by atoms with Crippen LogP contribution in [0.1, 0.15) is 16.7 Å². The molecule has 1 aromatic heterocycles. The van der Waals surface area contributed by atoms with E-state index in [2.05, 4.69) is 63.0 Å². The first kappa shape index (κ1) is 17.5. The van der Waals surface area contributed by atoms with Crippen LogP contribution < -0.4 is 15.5 Å². The van der Waals surface area contributed by atoms with Gasteiger partial charge in [-0.2, -0.15) is 0 Å². The summed E-state index contributed by atoms with van der Waals surface area (Å²) >= 11 is 5.38. The third kappa shape index (κ3) is 4.44. The van der Waals surface area contributed by atoms with Gasteiger partial charge in [-0.3, -0.25) is 0 Å². The van der Waals surface area contributed by atoms with Crippen molar-refractivity contribution in [3.05, 3.63) is 89.6 Å². The average molecular weight is 375 g/mol. The van der Waals surface area contributed by atoms with Crippen LogP contribution in [-0.2, 0) is 19.5 Å². The predicted octanol–water partition coefficient (Wildman–Crippen LogP) is 4.13. The molecule has 2 N–H and O–H groups in total. The van der Waals surface area contributed by atoms with E-state index in [9.17, 15) is 0 Å². The maximum Gasteiger partial charge on any atom is 0.171 e. The summed E-state index contributed by atoms with van der Waals surface area (Å²) in [4.78, 5) is 6.94. The molecule has 0 radical (unpaired) electrons. The molecule has 0 atom stereocenters. The zero-order valence-electron chi connectivity index (χ0n) is 15.1. The molecule has 0 saturated heterocycles. The monoisotopic (exact) mass is 374 g/mol. The van der Waals surface area contributed by atoms with Gasteiger partial charge in [0.05, 0.1) is 11.9 Å². The van der Waals surface area contributed by atoms with Gasteiger partial charge in [-0.05, 0) is 47.5 Å². The van der Waals surface area contributed by atoms with E-state index in [-0.39, 0.29) is 0 Å². The van der Waals surface area contributed by atoms with Crippen LogP contribution in [0.2, 0.25) is 0 Å². The third-order valence-corrected chi connectivity index (χ3v) is 5.00. The molecule has 5 heteroatoms. The predicted molar refractivity (Wildman–Crippen MR) is 115 cm³/mol. The Labute approximate surface area is 165 Å². The minimum atomic E-state index is 0.598. The summed E-state index contributed by atoms with van der Waals surface area (Å²) in [5, 5.41) is 7.01. The highest BCUT2D eigenvalue weighted by atomic mass is 32.1. The lowest BCUT2D eigenvalue weighted by molar-refractivity contribution is 0.721. The van der Waals surface area contributed by atoms with Crippen LogP contribution in [0.25, 0.3) is 0 Å². The SMILES string of the molecule is S=C(NCc1ccccc1)Nc1ccc(N2CCc3ccccc3C2)nc1. The largest absolute Gasteiger partial charge is 0.358 e. The van der Waals surface area contributed by atoms with Crippen LogP contribution in [-0.4, -0.2) is 16.6 Å². The molecular weight excluding hydrogens is 352 g/mol. The number of thiocarbonyl (C=S) groups is 1. The van der Waals surface area contributed by atoms with E-state index in [0.29, 0.717) is 11.7 Å². The Morgan fingerprint density at radius 2 is 1.74 bits per heavy atom. The van der Waals surface area contributed by atoms with Crippen molar-refractivity contribution < 1.29 is 0 Å². The number of hydrogen-bond acceptors (Lipinski definition) is 3. The lowest BCUT2D eigenvalue weighted by atomic mass is 10.00. The Bertz CT molecular complexity index is 909. The van der Waals surface area contributed by atoms with Crippen molar-refractivity contribution in [1.82, 2.24) is 10.3 Å². The Hall–Kier alpha value is -2.92. The van der Waals surface area contributed by atoms with Gasteiger partial charge in [-0.15, -0.1) is 0 Å². The van der Waals surface area contributed by atoms with Gasteiger partial charge >= 0.3 is 0 Å². The topological polar surface area (TPSA) is 40.2 Å². The normalized spacial score (nSPS) is 13.0. The fraction of sp³-hybridized carbons (Fsp3) is 0.182. The molecule has 0 saturated carbocycles. The van der Waals surface area contributed by atoms with Crippen LogP contribution in [0.5, 0.6) is 0 Å². The second-order valence-electron chi connectivity index (χ2n) is 6.64. The average Bonchev–Trinajstić information content (AvgIpc) is 2.73. The van der Waals surface area contributed by atoms with Crippen molar-refractivity contribution >= 4 is 28.8 Å². The number of fused-ring (bicyclic) bond motifs is 1. The molecule has 0 unspecified atom stereocenters. The highest BCUT2D eigenvalue weighted by molar-refractivity contribution is 7.80. The minimum absolute atomic E-state index is 0.598. The summed E-state index contributed by atoms with van der Waals surface area (Å²) in [5.41, 5.74) is 4.92.